The van der Waals surface area contributed by atoms with Crippen molar-refractivity contribution in [3.8, 4) is 6.07 Å². The largest absolute Gasteiger partial charge is 0.350 e. The van der Waals surface area contributed by atoms with E-state index in [4.69, 9.17) is 5.26 Å². The minimum absolute atomic E-state index is 0.180. The predicted molar refractivity (Wildman–Crippen MR) is 61.0 cm³/mol. The molecular weight excluding hydrogens is 224 g/mol. The molecule has 0 saturated heterocycles. The zero-order valence-corrected chi connectivity index (χ0v) is 10.2. The van der Waals surface area contributed by atoms with E-state index < -0.39 is 0 Å². The SMILES string of the molecule is CCCc1nnsc1C(=O)NCC(C)C#N. The molecule has 0 bridgehead atoms. The average Bonchev–Trinajstić information content (AvgIpc) is 2.74. The quantitative estimate of drug-likeness (QED) is 0.840. The van der Waals surface area contributed by atoms with Gasteiger partial charge >= 0.3 is 0 Å². The third kappa shape index (κ3) is 3.28. The van der Waals surface area contributed by atoms with Gasteiger partial charge in [0.2, 0.25) is 0 Å². The van der Waals surface area contributed by atoms with Crippen LogP contribution in [0.4, 0.5) is 0 Å². The maximum absolute atomic E-state index is 11.7. The third-order valence-corrected chi connectivity index (χ3v) is 2.80. The van der Waals surface area contributed by atoms with Crippen LogP contribution in [0.25, 0.3) is 0 Å². The van der Waals surface area contributed by atoms with E-state index in [0.717, 1.165) is 30.1 Å². The van der Waals surface area contributed by atoms with Crippen LogP contribution in [0.5, 0.6) is 0 Å². The van der Waals surface area contributed by atoms with Gasteiger partial charge in [-0.1, -0.05) is 17.8 Å². The van der Waals surface area contributed by atoms with Crippen molar-refractivity contribution in [2.24, 2.45) is 5.92 Å². The van der Waals surface area contributed by atoms with E-state index in [1.54, 1.807) is 6.92 Å². The Bertz CT molecular complexity index is 396. The van der Waals surface area contributed by atoms with Gasteiger partial charge in [0.25, 0.3) is 5.91 Å². The molecule has 0 spiro atoms. The highest BCUT2D eigenvalue weighted by Crippen LogP contribution is 2.12. The first kappa shape index (κ1) is 12.6. The molecule has 1 atom stereocenters. The van der Waals surface area contributed by atoms with Crippen LogP contribution in [0.3, 0.4) is 0 Å². The molecule has 1 amide bonds. The van der Waals surface area contributed by atoms with E-state index in [2.05, 4.69) is 21.0 Å². The Labute approximate surface area is 98.6 Å². The van der Waals surface area contributed by atoms with Gasteiger partial charge in [-0.2, -0.15) is 5.26 Å². The van der Waals surface area contributed by atoms with Gasteiger partial charge in [0, 0.05) is 6.54 Å². The summed E-state index contributed by atoms with van der Waals surface area (Å²) in [7, 11) is 0. The molecule has 1 unspecified atom stereocenters. The number of nitrogens with one attached hydrogen (secondary N) is 1. The van der Waals surface area contributed by atoms with Crippen molar-refractivity contribution in [2.45, 2.75) is 26.7 Å². The highest BCUT2D eigenvalue weighted by atomic mass is 32.1. The highest BCUT2D eigenvalue weighted by Gasteiger charge is 2.15. The van der Waals surface area contributed by atoms with Gasteiger partial charge in [-0.15, -0.1) is 5.10 Å². The van der Waals surface area contributed by atoms with Crippen LogP contribution in [-0.2, 0) is 6.42 Å². The van der Waals surface area contributed by atoms with Crippen molar-refractivity contribution in [1.29, 1.82) is 5.26 Å². The maximum Gasteiger partial charge on any atom is 0.264 e. The van der Waals surface area contributed by atoms with Crippen LogP contribution in [0.2, 0.25) is 0 Å². The number of rotatable bonds is 5. The Kier molecular flexibility index (Phi) is 4.86. The van der Waals surface area contributed by atoms with E-state index in [0.29, 0.717) is 11.4 Å². The van der Waals surface area contributed by atoms with Crippen molar-refractivity contribution < 1.29 is 4.79 Å². The summed E-state index contributed by atoms with van der Waals surface area (Å²) in [6.07, 6.45) is 1.69. The fourth-order valence-electron chi connectivity index (χ4n) is 1.15. The minimum atomic E-state index is -0.181. The molecule has 16 heavy (non-hydrogen) atoms. The average molecular weight is 238 g/mol. The zero-order valence-electron chi connectivity index (χ0n) is 9.36. The Balaban J connectivity index is 2.59. The Morgan fingerprint density at radius 3 is 3.06 bits per heavy atom. The van der Waals surface area contributed by atoms with Crippen molar-refractivity contribution in [3.05, 3.63) is 10.6 Å². The number of amides is 1. The van der Waals surface area contributed by atoms with E-state index >= 15 is 0 Å². The summed E-state index contributed by atoms with van der Waals surface area (Å²) in [6.45, 7) is 4.15. The van der Waals surface area contributed by atoms with Crippen molar-refractivity contribution in [3.63, 3.8) is 0 Å². The third-order valence-electron chi connectivity index (χ3n) is 2.04. The minimum Gasteiger partial charge on any atom is -0.350 e. The highest BCUT2D eigenvalue weighted by molar-refractivity contribution is 7.08. The topological polar surface area (TPSA) is 78.7 Å². The van der Waals surface area contributed by atoms with Crippen molar-refractivity contribution in [1.82, 2.24) is 14.9 Å². The molecule has 1 heterocycles. The summed E-state index contributed by atoms with van der Waals surface area (Å²) in [5, 5.41) is 15.2. The lowest BCUT2D eigenvalue weighted by Gasteiger charge is -2.04. The number of aromatic nitrogens is 2. The van der Waals surface area contributed by atoms with E-state index in [9.17, 15) is 4.79 Å². The van der Waals surface area contributed by atoms with E-state index in [-0.39, 0.29) is 11.8 Å². The summed E-state index contributed by atoms with van der Waals surface area (Å²) in [5.74, 6) is -0.361. The molecule has 0 saturated carbocycles. The van der Waals surface area contributed by atoms with Crippen LogP contribution in [0.1, 0.15) is 35.6 Å². The number of nitriles is 1. The summed E-state index contributed by atoms with van der Waals surface area (Å²) >= 11 is 1.10. The van der Waals surface area contributed by atoms with E-state index in [1.807, 2.05) is 6.92 Å². The lowest BCUT2D eigenvalue weighted by molar-refractivity contribution is 0.0953. The number of nitrogens with zero attached hydrogens (tertiary/aromatic N) is 3. The maximum atomic E-state index is 11.7. The first-order valence-electron chi connectivity index (χ1n) is 5.18. The molecule has 1 N–H and O–H groups in total. The molecule has 6 heteroatoms. The Morgan fingerprint density at radius 2 is 2.44 bits per heavy atom. The monoisotopic (exact) mass is 238 g/mol. The predicted octanol–water partition coefficient (Wildman–Crippen LogP) is 1.38. The fraction of sp³-hybridized carbons (Fsp3) is 0.600. The van der Waals surface area contributed by atoms with Crippen LogP contribution in [0, 0.1) is 17.2 Å². The molecule has 0 aliphatic carbocycles. The zero-order chi connectivity index (χ0) is 12.0. The number of carbonyl (C=O) groups is 1. The van der Waals surface area contributed by atoms with Gasteiger partial charge in [-0.3, -0.25) is 4.79 Å². The summed E-state index contributed by atoms with van der Waals surface area (Å²) in [4.78, 5) is 12.3. The van der Waals surface area contributed by atoms with Crippen molar-refractivity contribution >= 4 is 17.4 Å². The summed E-state index contributed by atoms with van der Waals surface area (Å²) < 4.78 is 3.77. The summed E-state index contributed by atoms with van der Waals surface area (Å²) in [5.41, 5.74) is 0.745. The molecule has 0 aliphatic heterocycles. The molecule has 86 valence electrons. The second-order valence-corrected chi connectivity index (χ2v) is 4.29. The van der Waals surface area contributed by atoms with Gasteiger partial charge in [0.15, 0.2) is 0 Å². The van der Waals surface area contributed by atoms with E-state index in [1.165, 1.54) is 0 Å². The first-order chi connectivity index (χ1) is 7.69. The second-order valence-electron chi connectivity index (χ2n) is 3.54. The normalized spacial score (nSPS) is 11.8. The molecule has 1 rings (SSSR count). The Hall–Kier alpha value is -1.48. The molecule has 0 aromatic carbocycles. The van der Waals surface area contributed by atoms with Crippen molar-refractivity contribution in [2.75, 3.05) is 6.54 Å². The lowest BCUT2D eigenvalue weighted by Crippen LogP contribution is -2.27. The molecular formula is C10H14N4OS. The standard InChI is InChI=1S/C10H14N4OS/c1-3-4-8-9(16-14-13-8)10(15)12-6-7(2)5-11/h7H,3-4,6H2,1-2H3,(H,12,15). The van der Waals surface area contributed by atoms with Gasteiger partial charge in [0.05, 0.1) is 17.7 Å². The van der Waals surface area contributed by atoms with Crippen LogP contribution in [-0.4, -0.2) is 22.0 Å². The molecule has 5 nitrogen and oxygen atoms in total. The Morgan fingerprint density at radius 1 is 1.69 bits per heavy atom. The summed E-state index contributed by atoms with van der Waals surface area (Å²) in [6, 6.07) is 2.06. The van der Waals surface area contributed by atoms with Crippen LogP contribution < -0.4 is 5.32 Å². The van der Waals surface area contributed by atoms with Gasteiger partial charge in [-0.25, -0.2) is 0 Å². The smallest absolute Gasteiger partial charge is 0.264 e. The number of hydrogen-bond acceptors (Lipinski definition) is 5. The van der Waals surface area contributed by atoms with Gasteiger partial charge in [0.1, 0.15) is 4.88 Å². The van der Waals surface area contributed by atoms with Gasteiger partial charge < -0.3 is 5.32 Å². The number of carbonyl (C=O) groups excluding carboxylic acids is 1. The number of hydrogen-bond donors (Lipinski definition) is 1. The fourth-order valence-corrected chi connectivity index (χ4v) is 1.78. The molecule has 1 aromatic heterocycles. The first-order valence-corrected chi connectivity index (χ1v) is 5.95. The van der Waals surface area contributed by atoms with Crippen LogP contribution >= 0.6 is 11.5 Å². The molecule has 0 fully saturated rings. The van der Waals surface area contributed by atoms with Gasteiger partial charge in [-0.05, 0) is 24.9 Å². The number of aryl methyl sites for hydroxylation is 1. The molecule has 1 aromatic rings. The molecule has 0 aliphatic rings. The second kappa shape index (κ2) is 6.18. The molecule has 0 radical (unpaired) electrons. The lowest BCUT2D eigenvalue weighted by atomic mass is 10.2. The van der Waals surface area contributed by atoms with Crippen LogP contribution in [0.15, 0.2) is 0 Å².